The first-order chi connectivity index (χ1) is 7.04. The molecule has 1 N–H and O–H groups in total. The molecule has 0 aliphatic rings. The molecule has 0 saturated heterocycles. The molecule has 0 saturated carbocycles. The first-order valence-corrected chi connectivity index (χ1v) is 4.59. The van der Waals surface area contributed by atoms with Gasteiger partial charge in [-0.1, -0.05) is 13.8 Å². The van der Waals surface area contributed by atoms with Gasteiger partial charge in [-0.2, -0.15) is 8.78 Å². The average Bonchev–Trinajstić information content (AvgIpc) is 2.16. The molecule has 0 aliphatic carbocycles. The molecule has 0 radical (unpaired) electrons. The van der Waals surface area contributed by atoms with Crippen LogP contribution in [0.25, 0.3) is 0 Å². The Morgan fingerprint density at radius 1 is 1.47 bits per heavy atom. The molecule has 1 heterocycles. The molecule has 1 aromatic heterocycles. The summed E-state index contributed by atoms with van der Waals surface area (Å²) in [6.45, 7) is 0.552. The number of hydrogen-bond donors (Lipinski definition) is 1. The molecule has 5 heteroatoms. The standard InChI is InChI=1S/C10H13F2NO2/c1-6(2)8-4-13-7(5-14)3-9(8)15-10(11)12/h3-4,6,10,14H,5H2,1-2H3. The van der Waals surface area contributed by atoms with Crippen LogP contribution in [0.3, 0.4) is 0 Å². The summed E-state index contributed by atoms with van der Waals surface area (Å²) in [7, 11) is 0. The van der Waals surface area contributed by atoms with E-state index in [0.29, 0.717) is 11.3 Å². The second kappa shape index (κ2) is 5.02. The lowest BCUT2D eigenvalue weighted by Crippen LogP contribution is -2.07. The average molecular weight is 217 g/mol. The molecule has 0 atom stereocenters. The van der Waals surface area contributed by atoms with Crippen molar-refractivity contribution in [2.24, 2.45) is 0 Å². The largest absolute Gasteiger partial charge is 0.434 e. The second-order valence-corrected chi connectivity index (χ2v) is 3.40. The van der Waals surface area contributed by atoms with Crippen molar-refractivity contribution in [1.29, 1.82) is 0 Å². The van der Waals surface area contributed by atoms with Gasteiger partial charge >= 0.3 is 6.61 Å². The first-order valence-electron chi connectivity index (χ1n) is 4.59. The Morgan fingerprint density at radius 2 is 2.13 bits per heavy atom. The molecule has 1 rings (SSSR count). The number of alkyl halides is 2. The van der Waals surface area contributed by atoms with Crippen molar-refractivity contribution in [1.82, 2.24) is 4.98 Å². The monoisotopic (exact) mass is 217 g/mol. The fourth-order valence-electron chi connectivity index (χ4n) is 1.21. The van der Waals surface area contributed by atoms with Crippen LogP contribution in [0, 0.1) is 0 Å². The highest BCUT2D eigenvalue weighted by Crippen LogP contribution is 2.27. The van der Waals surface area contributed by atoms with Crippen LogP contribution >= 0.6 is 0 Å². The molecular weight excluding hydrogens is 204 g/mol. The van der Waals surface area contributed by atoms with Crippen molar-refractivity contribution in [3.05, 3.63) is 23.5 Å². The summed E-state index contributed by atoms with van der Waals surface area (Å²) in [5, 5.41) is 8.82. The molecule has 84 valence electrons. The molecule has 3 nitrogen and oxygen atoms in total. The van der Waals surface area contributed by atoms with Gasteiger partial charge in [0.1, 0.15) is 5.75 Å². The third kappa shape index (κ3) is 3.13. The van der Waals surface area contributed by atoms with Crippen LogP contribution in [-0.4, -0.2) is 16.7 Å². The third-order valence-corrected chi connectivity index (χ3v) is 1.95. The minimum Gasteiger partial charge on any atom is -0.434 e. The van der Waals surface area contributed by atoms with Crippen LogP contribution in [-0.2, 0) is 6.61 Å². The van der Waals surface area contributed by atoms with Crippen molar-refractivity contribution in [3.63, 3.8) is 0 Å². The van der Waals surface area contributed by atoms with E-state index in [0.717, 1.165) is 0 Å². The Morgan fingerprint density at radius 3 is 2.60 bits per heavy atom. The Balaban J connectivity index is 3.05. The third-order valence-electron chi connectivity index (χ3n) is 1.95. The molecule has 0 spiro atoms. The summed E-state index contributed by atoms with van der Waals surface area (Å²) in [5.41, 5.74) is 0.919. The van der Waals surface area contributed by atoms with Crippen molar-refractivity contribution in [3.8, 4) is 5.75 Å². The van der Waals surface area contributed by atoms with Crippen LogP contribution in [0.1, 0.15) is 31.0 Å². The van der Waals surface area contributed by atoms with E-state index in [4.69, 9.17) is 5.11 Å². The maximum absolute atomic E-state index is 12.1. The summed E-state index contributed by atoms with van der Waals surface area (Å²) in [4.78, 5) is 3.91. The molecule has 15 heavy (non-hydrogen) atoms. The van der Waals surface area contributed by atoms with E-state index in [1.54, 1.807) is 0 Å². The number of aromatic nitrogens is 1. The van der Waals surface area contributed by atoms with E-state index in [2.05, 4.69) is 9.72 Å². The lowest BCUT2D eigenvalue weighted by atomic mass is 10.0. The van der Waals surface area contributed by atoms with Gasteiger partial charge in [0.15, 0.2) is 0 Å². The van der Waals surface area contributed by atoms with E-state index in [1.807, 2.05) is 13.8 Å². The minimum absolute atomic E-state index is 0.0407. The topological polar surface area (TPSA) is 42.4 Å². The maximum atomic E-state index is 12.1. The van der Waals surface area contributed by atoms with Crippen LogP contribution in [0.15, 0.2) is 12.3 Å². The Labute approximate surface area is 86.7 Å². The van der Waals surface area contributed by atoms with Crippen molar-refractivity contribution >= 4 is 0 Å². The maximum Gasteiger partial charge on any atom is 0.387 e. The fraction of sp³-hybridized carbons (Fsp3) is 0.500. The molecule has 0 aromatic carbocycles. The first kappa shape index (κ1) is 11.8. The number of hydrogen-bond acceptors (Lipinski definition) is 3. The lowest BCUT2D eigenvalue weighted by molar-refractivity contribution is -0.0507. The Bertz CT molecular complexity index is 329. The van der Waals surface area contributed by atoms with Gasteiger partial charge in [-0.15, -0.1) is 0 Å². The molecular formula is C10H13F2NO2. The zero-order valence-electron chi connectivity index (χ0n) is 8.58. The normalized spacial score (nSPS) is 11.1. The summed E-state index contributed by atoms with van der Waals surface area (Å²) in [6.07, 6.45) is 1.45. The van der Waals surface area contributed by atoms with Gasteiger partial charge in [-0.25, -0.2) is 0 Å². The zero-order valence-corrected chi connectivity index (χ0v) is 8.58. The van der Waals surface area contributed by atoms with E-state index < -0.39 is 6.61 Å². The van der Waals surface area contributed by atoms with Gasteiger partial charge in [0, 0.05) is 17.8 Å². The number of rotatable bonds is 4. The number of aliphatic hydroxyl groups is 1. The zero-order chi connectivity index (χ0) is 11.4. The molecule has 0 unspecified atom stereocenters. The molecule has 1 aromatic rings. The number of ether oxygens (including phenoxy) is 1. The van der Waals surface area contributed by atoms with Crippen LogP contribution in [0.5, 0.6) is 5.75 Å². The quantitative estimate of drug-likeness (QED) is 0.841. The smallest absolute Gasteiger partial charge is 0.387 e. The van der Waals surface area contributed by atoms with Crippen LogP contribution < -0.4 is 4.74 Å². The molecule has 0 amide bonds. The lowest BCUT2D eigenvalue weighted by Gasteiger charge is -2.13. The summed E-state index contributed by atoms with van der Waals surface area (Å²) in [6, 6.07) is 1.33. The highest BCUT2D eigenvalue weighted by atomic mass is 19.3. The van der Waals surface area contributed by atoms with E-state index in [1.165, 1.54) is 12.3 Å². The van der Waals surface area contributed by atoms with Gasteiger partial charge in [0.2, 0.25) is 0 Å². The summed E-state index contributed by atoms with van der Waals surface area (Å²) in [5.74, 6) is 0.123. The highest BCUT2D eigenvalue weighted by Gasteiger charge is 2.13. The number of aliphatic hydroxyl groups excluding tert-OH is 1. The van der Waals surface area contributed by atoms with Gasteiger partial charge in [0.05, 0.1) is 12.3 Å². The van der Waals surface area contributed by atoms with Gasteiger partial charge in [0.25, 0.3) is 0 Å². The van der Waals surface area contributed by atoms with E-state index in [-0.39, 0.29) is 18.3 Å². The second-order valence-electron chi connectivity index (χ2n) is 3.40. The summed E-state index contributed by atoms with van der Waals surface area (Å²) < 4.78 is 28.6. The van der Waals surface area contributed by atoms with Gasteiger partial charge < -0.3 is 9.84 Å². The van der Waals surface area contributed by atoms with Gasteiger partial charge in [-0.05, 0) is 5.92 Å². The predicted octanol–water partition coefficient (Wildman–Crippen LogP) is 2.30. The van der Waals surface area contributed by atoms with E-state index in [9.17, 15) is 8.78 Å². The molecule has 0 aliphatic heterocycles. The van der Waals surface area contributed by atoms with Crippen LogP contribution in [0.2, 0.25) is 0 Å². The van der Waals surface area contributed by atoms with Crippen molar-refractivity contribution < 1.29 is 18.6 Å². The fourth-order valence-corrected chi connectivity index (χ4v) is 1.21. The van der Waals surface area contributed by atoms with Crippen molar-refractivity contribution in [2.45, 2.75) is 33.0 Å². The SMILES string of the molecule is CC(C)c1cnc(CO)cc1OC(F)F. The van der Waals surface area contributed by atoms with Crippen LogP contribution in [0.4, 0.5) is 8.78 Å². The number of halogens is 2. The molecule has 0 bridgehead atoms. The highest BCUT2D eigenvalue weighted by molar-refractivity contribution is 5.35. The Hall–Kier alpha value is -1.23. The van der Waals surface area contributed by atoms with Crippen molar-refractivity contribution in [2.75, 3.05) is 0 Å². The number of pyridine rings is 1. The number of nitrogens with zero attached hydrogens (tertiary/aromatic N) is 1. The summed E-state index contributed by atoms with van der Waals surface area (Å²) >= 11 is 0. The molecule has 0 fully saturated rings. The Kier molecular flexibility index (Phi) is 3.96. The van der Waals surface area contributed by atoms with E-state index >= 15 is 0 Å². The minimum atomic E-state index is -2.86. The predicted molar refractivity (Wildman–Crippen MR) is 50.9 cm³/mol. The van der Waals surface area contributed by atoms with Gasteiger partial charge in [-0.3, -0.25) is 4.98 Å².